The van der Waals surface area contributed by atoms with Crippen LogP contribution in [0.25, 0.3) is 0 Å². The number of piperidine rings is 1. The second kappa shape index (κ2) is 14.5. The van der Waals surface area contributed by atoms with E-state index in [0.29, 0.717) is 41.8 Å². The predicted molar refractivity (Wildman–Crippen MR) is 191 cm³/mol. The van der Waals surface area contributed by atoms with Crippen molar-refractivity contribution < 1.29 is 9.53 Å². The molecule has 2 amide bonds. The first kappa shape index (κ1) is 34.5. The molecule has 48 heavy (non-hydrogen) atoms. The highest BCUT2D eigenvalue weighted by Crippen LogP contribution is 2.38. The lowest BCUT2D eigenvalue weighted by Crippen LogP contribution is -2.51. The Labute approximate surface area is 284 Å². The van der Waals surface area contributed by atoms with Gasteiger partial charge < -0.3 is 20.7 Å². The number of urea groups is 1. The number of aromatic nitrogens is 1. The number of rotatable bonds is 5. The van der Waals surface area contributed by atoms with Gasteiger partial charge in [-0.05, 0) is 88.3 Å². The van der Waals surface area contributed by atoms with Gasteiger partial charge in [0.2, 0.25) is 5.96 Å². The van der Waals surface area contributed by atoms with E-state index in [1.165, 1.54) is 0 Å². The Morgan fingerprint density at radius 1 is 0.979 bits per heavy atom. The van der Waals surface area contributed by atoms with Crippen molar-refractivity contribution in [2.24, 2.45) is 16.1 Å². The molecular weight excluding hydrogens is 600 g/mol. The molecule has 1 fully saturated rings. The fourth-order valence-corrected chi connectivity index (χ4v) is 6.41. The fraction of sp³-hybridized carbons (Fsp3) is 0.421. The largest absolute Gasteiger partial charge is 0.484 e. The number of allylic oxidation sites excluding steroid dienone is 1. The van der Waals surface area contributed by atoms with Gasteiger partial charge in [0.05, 0.1) is 17.9 Å². The summed E-state index contributed by atoms with van der Waals surface area (Å²) in [6, 6.07) is 19.1. The Hall–Kier alpha value is -4.86. The Kier molecular flexibility index (Phi) is 10.4. The molecule has 0 radical (unpaired) electrons. The van der Waals surface area contributed by atoms with Crippen LogP contribution in [0, 0.1) is 23.2 Å². The Bertz CT molecular complexity index is 1740. The van der Waals surface area contributed by atoms with E-state index in [9.17, 15) is 4.79 Å². The lowest BCUT2D eigenvalue weighted by molar-refractivity contribution is 0.169. The van der Waals surface area contributed by atoms with Crippen LogP contribution >= 0.6 is 0 Å². The van der Waals surface area contributed by atoms with Crippen LogP contribution in [0.4, 0.5) is 10.5 Å². The number of nitrogens with two attached hydrogens (primary N) is 1. The first-order valence-corrected chi connectivity index (χ1v) is 16.9. The molecule has 2 aromatic carbocycles. The van der Waals surface area contributed by atoms with Crippen molar-refractivity contribution in [3.05, 3.63) is 101 Å². The molecule has 0 spiro atoms. The molecule has 254 valence electrons. The van der Waals surface area contributed by atoms with Crippen molar-refractivity contribution in [3.63, 3.8) is 0 Å². The zero-order valence-electron chi connectivity index (χ0n) is 29.0. The lowest BCUT2D eigenvalue weighted by atomic mass is 9.85. The maximum absolute atomic E-state index is 13.4. The quantitative estimate of drug-likeness (QED) is 0.147. The molecule has 1 aliphatic heterocycles. The van der Waals surface area contributed by atoms with Crippen molar-refractivity contribution in [2.75, 3.05) is 0 Å². The van der Waals surface area contributed by atoms with Gasteiger partial charge in [-0.2, -0.15) is 0 Å². The van der Waals surface area contributed by atoms with E-state index < -0.39 is 0 Å². The predicted octanol–water partition coefficient (Wildman–Crippen LogP) is 7.19. The van der Waals surface area contributed by atoms with Crippen molar-refractivity contribution in [1.82, 2.24) is 20.1 Å². The van der Waals surface area contributed by atoms with Gasteiger partial charge in [-0.15, -0.1) is 0 Å². The van der Waals surface area contributed by atoms with Gasteiger partial charge >= 0.3 is 6.03 Å². The molecule has 4 unspecified atom stereocenters. The number of ether oxygens (including phenoxy) is 1. The summed E-state index contributed by atoms with van der Waals surface area (Å²) in [6.07, 6.45) is 7.78. The summed E-state index contributed by atoms with van der Waals surface area (Å²) in [5.74, 6) is 1.25. The number of amidine groups is 1. The van der Waals surface area contributed by atoms with Crippen molar-refractivity contribution in [1.29, 1.82) is 10.8 Å². The molecule has 0 bridgehead atoms. The average Bonchev–Trinajstić information content (AvgIpc) is 3.03. The van der Waals surface area contributed by atoms with Crippen LogP contribution < -0.4 is 26.6 Å². The van der Waals surface area contributed by atoms with Gasteiger partial charge in [0, 0.05) is 29.3 Å². The number of amides is 2. The topological polar surface area (TPSA) is 145 Å². The molecule has 1 aliphatic carbocycles. The molecular formula is C38H50N8O2. The standard InChI is InChI=1S/C38H50N8O2/c1-24-14-16-27(17-15-24)42-35(22-33(39)38(4,5)6)44-37(47)43-31-19-20-32(30-13-8-7-12-29(30)31)48-28-18-21-34(40)45(23-28)36(41)46-25(2)10-9-11-26(46)3/h7-8,12-18,21-23,25-26,31-32,40-41H,9-11,19-20,39H2,1-6H3,(H2,42,43,44,47)/b33-22-,40-34?,41-36?. The van der Waals surface area contributed by atoms with Crippen LogP contribution in [-0.4, -0.2) is 39.4 Å². The zero-order valence-corrected chi connectivity index (χ0v) is 29.0. The van der Waals surface area contributed by atoms with E-state index in [4.69, 9.17) is 21.3 Å². The number of nitrogens with zero attached hydrogens (tertiary/aromatic N) is 3. The van der Waals surface area contributed by atoms with Crippen LogP contribution in [0.3, 0.4) is 0 Å². The number of aliphatic imine (C=N–C) groups is 1. The van der Waals surface area contributed by atoms with Crippen LogP contribution in [0.5, 0.6) is 5.75 Å². The molecule has 1 saturated heterocycles. The highest BCUT2D eigenvalue weighted by Gasteiger charge is 2.31. The Morgan fingerprint density at radius 3 is 2.31 bits per heavy atom. The van der Waals surface area contributed by atoms with Gasteiger partial charge in [-0.25, -0.2) is 9.79 Å². The normalized spacial score (nSPS) is 21.7. The average molecular weight is 651 g/mol. The highest BCUT2D eigenvalue weighted by molar-refractivity contribution is 6.05. The minimum atomic E-state index is -0.371. The molecule has 4 atom stereocenters. The lowest BCUT2D eigenvalue weighted by Gasteiger charge is -2.41. The number of nitrogens with one attached hydrogen (secondary N) is 4. The minimum Gasteiger partial charge on any atom is -0.484 e. The van der Waals surface area contributed by atoms with E-state index in [1.54, 1.807) is 29.0 Å². The minimum absolute atomic E-state index is 0.235. The van der Waals surface area contributed by atoms with Gasteiger partial charge in [0.25, 0.3) is 0 Å². The van der Waals surface area contributed by atoms with E-state index in [1.807, 2.05) is 76.2 Å². The number of aryl methyl sites for hydroxylation is 1. The fourth-order valence-electron chi connectivity index (χ4n) is 6.41. The summed E-state index contributed by atoms with van der Waals surface area (Å²) in [5.41, 5.74) is 10.7. The second-order valence-corrected chi connectivity index (χ2v) is 14.1. The SMILES string of the molecule is Cc1ccc(N=C(/C=C(\N)C(C)(C)C)NC(=O)NC2CCC(Oc3ccc(=N)n(C(=N)N4C(C)CCCC4C)c3)c3ccccc32)cc1. The molecule has 6 N–H and O–H groups in total. The number of hydrogen-bond donors (Lipinski definition) is 5. The molecule has 2 aliphatic rings. The van der Waals surface area contributed by atoms with E-state index >= 15 is 0 Å². The van der Waals surface area contributed by atoms with Crippen molar-refractivity contribution in [2.45, 2.75) is 97.9 Å². The van der Waals surface area contributed by atoms with Crippen molar-refractivity contribution in [3.8, 4) is 5.75 Å². The summed E-state index contributed by atoms with van der Waals surface area (Å²) in [6.45, 7) is 12.4. The number of hydrogen-bond acceptors (Lipinski definition) is 6. The summed E-state index contributed by atoms with van der Waals surface area (Å²) >= 11 is 0. The van der Waals surface area contributed by atoms with Gasteiger partial charge in [0.15, 0.2) is 0 Å². The first-order chi connectivity index (χ1) is 22.8. The maximum atomic E-state index is 13.4. The zero-order chi connectivity index (χ0) is 34.6. The van der Waals surface area contributed by atoms with Gasteiger partial charge in [-0.1, -0.05) is 62.7 Å². The number of pyridine rings is 1. The third-order valence-electron chi connectivity index (χ3n) is 9.29. The first-order valence-electron chi connectivity index (χ1n) is 16.9. The van der Waals surface area contributed by atoms with E-state index in [-0.39, 0.29) is 41.2 Å². The van der Waals surface area contributed by atoms with Crippen LogP contribution in [0.1, 0.15) is 95.6 Å². The highest BCUT2D eigenvalue weighted by atomic mass is 16.5. The van der Waals surface area contributed by atoms with Crippen LogP contribution in [0.2, 0.25) is 0 Å². The Morgan fingerprint density at radius 2 is 1.65 bits per heavy atom. The molecule has 1 aromatic heterocycles. The molecule has 2 heterocycles. The monoisotopic (exact) mass is 650 g/mol. The number of carbonyl (C=O) groups excluding carboxylic acids is 1. The maximum Gasteiger partial charge on any atom is 0.320 e. The molecule has 10 heteroatoms. The number of fused-ring (bicyclic) bond motifs is 1. The smallest absolute Gasteiger partial charge is 0.320 e. The molecule has 3 aromatic rings. The summed E-state index contributed by atoms with van der Waals surface area (Å²) in [7, 11) is 0. The van der Waals surface area contributed by atoms with Crippen LogP contribution in [-0.2, 0) is 0 Å². The molecule has 5 rings (SSSR count). The Balaban J connectivity index is 1.33. The van der Waals surface area contributed by atoms with Gasteiger partial charge in [-0.3, -0.25) is 20.7 Å². The third kappa shape index (κ3) is 8.16. The number of likely N-dealkylation sites (tertiary alicyclic amines) is 1. The second-order valence-electron chi connectivity index (χ2n) is 14.1. The van der Waals surface area contributed by atoms with Gasteiger partial charge in [0.1, 0.15) is 23.2 Å². The molecule has 10 nitrogen and oxygen atoms in total. The number of carbonyl (C=O) groups is 1. The number of benzene rings is 2. The molecule has 0 saturated carbocycles. The van der Waals surface area contributed by atoms with Crippen LogP contribution in [0.15, 0.2) is 83.6 Å². The summed E-state index contributed by atoms with van der Waals surface area (Å²) < 4.78 is 8.15. The van der Waals surface area contributed by atoms with E-state index in [2.05, 4.69) is 34.4 Å². The summed E-state index contributed by atoms with van der Waals surface area (Å²) in [4.78, 5) is 20.2. The third-order valence-corrected chi connectivity index (χ3v) is 9.29. The van der Waals surface area contributed by atoms with Crippen molar-refractivity contribution >= 4 is 23.5 Å². The van der Waals surface area contributed by atoms with E-state index in [0.717, 1.165) is 36.0 Å². The summed E-state index contributed by atoms with van der Waals surface area (Å²) in [5, 5.41) is 23.6.